The summed E-state index contributed by atoms with van der Waals surface area (Å²) in [4.78, 5) is 19.9. The maximum atomic E-state index is 10.8. The van der Waals surface area contributed by atoms with Crippen molar-refractivity contribution in [2.45, 2.75) is 2.14 Å². The molecule has 0 fully saturated rings. The smallest absolute Gasteiger partial charge is 0.272 e. The van der Waals surface area contributed by atoms with E-state index < -0.39 is 17.7 Å². The molecule has 0 aliphatic heterocycles. The number of nitrogens with one attached hydrogen (secondary N) is 1. The Bertz CT molecular complexity index is 543. The second kappa shape index (κ2) is 6.39. The Morgan fingerprint density at radius 1 is 1.21 bits per heavy atom. The van der Waals surface area contributed by atoms with E-state index in [1.165, 1.54) is 12.3 Å². The number of nitrogens with zero attached hydrogens (tertiary/aromatic N) is 3. The van der Waals surface area contributed by atoms with Crippen molar-refractivity contribution in [1.29, 1.82) is 0 Å². The van der Waals surface area contributed by atoms with Crippen molar-refractivity contribution >= 4 is 71.1 Å². The third kappa shape index (κ3) is 5.20. The molecule has 1 rings (SSSR count). The van der Waals surface area contributed by atoms with E-state index in [4.69, 9.17) is 0 Å². The topological polar surface area (TPSA) is 111 Å². The number of hydrogen-bond acceptors (Lipinski definition) is 6. The summed E-state index contributed by atoms with van der Waals surface area (Å²) in [5.41, 5.74) is 1.68. The molecule has 1 aromatic carbocycles. The number of non-ortho nitro benzene ring substituents is 1. The molecule has 0 heterocycles. The first kappa shape index (κ1) is 16.0. The van der Waals surface area contributed by atoms with E-state index in [0.717, 1.165) is 12.1 Å². The lowest BCUT2D eigenvalue weighted by Crippen LogP contribution is -2.04. The highest BCUT2D eigenvalue weighted by Crippen LogP contribution is 2.32. The highest BCUT2D eigenvalue weighted by Gasteiger charge is 2.19. The first-order valence-corrected chi connectivity index (χ1v) is 6.88. The number of nitro benzene ring substituents is 2. The summed E-state index contributed by atoms with van der Waals surface area (Å²) < 4.78 is -0.741. The SMILES string of the molecule is O=[N+]([O-])c1ccc(N/N=C\C(Br)(Br)Br)c([N+](=O)[O-])c1. The average Bonchev–Trinajstić information content (AvgIpc) is 2.27. The number of benzene rings is 1. The zero-order valence-electron chi connectivity index (χ0n) is 8.92. The minimum absolute atomic E-state index is 0.0450. The molecule has 1 aromatic rings. The number of rotatable bonds is 4. The van der Waals surface area contributed by atoms with E-state index in [1.54, 1.807) is 0 Å². The molecule has 0 radical (unpaired) electrons. The molecule has 102 valence electrons. The molecule has 0 saturated heterocycles. The fourth-order valence-electron chi connectivity index (χ4n) is 1.05. The maximum absolute atomic E-state index is 10.8. The molecule has 0 unspecified atom stereocenters. The van der Waals surface area contributed by atoms with Gasteiger partial charge in [0.05, 0.1) is 22.1 Å². The molecule has 0 aliphatic rings. The summed E-state index contributed by atoms with van der Waals surface area (Å²) in [6, 6.07) is 3.22. The second-order valence-electron chi connectivity index (χ2n) is 3.13. The van der Waals surface area contributed by atoms with Gasteiger partial charge in [-0.05, 0) is 6.07 Å². The Morgan fingerprint density at radius 3 is 2.32 bits per heavy atom. The predicted octanol–water partition coefficient (Wildman–Crippen LogP) is 3.74. The number of alkyl halides is 3. The van der Waals surface area contributed by atoms with E-state index >= 15 is 0 Å². The van der Waals surface area contributed by atoms with Crippen LogP contribution in [-0.2, 0) is 0 Å². The van der Waals surface area contributed by atoms with Gasteiger partial charge >= 0.3 is 5.69 Å². The first-order valence-electron chi connectivity index (χ1n) is 4.50. The molecule has 1 N–H and O–H groups in total. The fraction of sp³-hybridized carbons (Fsp3) is 0.125. The summed E-state index contributed by atoms with van der Waals surface area (Å²) in [6.45, 7) is 0. The van der Waals surface area contributed by atoms with Gasteiger partial charge in [-0.1, -0.05) is 47.8 Å². The lowest BCUT2D eigenvalue weighted by molar-refractivity contribution is -0.393. The molecule has 0 aliphatic carbocycles. The fourth-order valence-corrected chi connectivity index (χ4v) is 1.36. The van der Waals surface area contributed by atoms with Crippen molar-refractivity contribution in [3.05, 3.63) is 38.4 Å². The normalized spacial score (nSPS) is 11.5. The van der Waals surface area contributed by atoms with Gasteiger partial charge in [-0.15, -0.1) is 0 Å². The van der Waals surface area contributed by atoms with Crippen molar-refractivity contribution in [3.63, 3.8) is 0 Å². The van der Waals surface area contributed by atoms with E-state index in [0.29, 0.717) is 0 Å². The van der Waals surface area contributed by atoms with Gasteiger partial charge in [0.25, 0.3) is 5.69 Å². The molecule has 0 bridgehead atoms. The van der Waals surface area contributed by atoms with Gasteiger partial charge in [-0.2, -0.15) is 5.10 Å². The van der Waals surface area contributed by atoms with Crippen LogP contribution in [0.25, 0.3) is 0 Å². The number of nitro groups is 2. The van der Waals surface area contributed by atoms with E-state index in [2.05, 4.69) is 58.3 Å². The van der Waals surface area contributed by atoms with Gasteiger partial charge in [-0.3, -0.25) is 25.7 Å². The van der Waals surface area contributed by atoms with Crippen LogP contribution in [0.5, 0.6) is 0 Å². The second-order valence-corrected chi connectivity index (χ2v) is 10.1. The van der Waals surface area contributed by atoms with Gasteiger partial charge in [0.1, 0.15) is 5.69 Å². The van der Waals surface area contributed by atoms with E-state index in [9.17, 15) is 20.2 Å². The Morgan fingerprint density at radius 2 is 1.84 bits per heavy atom. The largest absolute Gasteiger partial charge is 0.301 e. The molecule has 0 aromatic heterocycles. The number of hydrogen-bond donors (Lipinski definition) is 1. The lowest BCUT2D eigenvalue weighted by atomic mass is 10.2. The Kier molecular flexibility index (Phi) is 5.38. The van der Waals surface area contributed by atoms with Gasteiger partial charge < -0.3 is 0 Å². The van der Waals surface area contributed by atoms with Gasteiger partial charge in [0.2, 0.25) is 0 Å². The number of hydrazone groups is 1. The van der Waals surface area contributed by atoms with Crippen molar-refractivity contribution < 1.29 is 9.85 Å². The van der Waals surface area contributed by atoms with Crippen LogP contribution >= 0.6 is 47.8 Å². The zero-order valence-corrected chi connectivity index (χ0v) is 13.7. The summed E-state index contributed by atoms with van der Waals surface area (Å²) in [5, 5.41) is 25.1. The van der Waals surface area contributed by atoms with Gasteiger partial charge in [0.15, 0.2) is 2.14 Å². The number of halogens is 3. The van der Waals surface area contributed by atoms with Crippen LogP contribution in [0.15, 0.2) is 23.3 Å². The van der Waals surface area contributed by atoms with Crippen LogP contribution in [0.4, 0.5) is 17.1 Å². The number of anilines is 1. The standard InChI is InChI=1S/C8H5Br3N4O4/c9-8(10,11)4-12-13-6-2-1-5(14(16)17)3-7(6)15(18)19/h1-4,13H/b12-4-. The Balaban J connectivity index is 3.04. The summed E-state index contributed by atoms with van der Waals surface area (Å²) in [6.07, 6.45) is 1.35. The van der Waals surface area contributed by atoms with Gasteiger partial charge in [0, 0.05) is 6.07 Å². The predicted molar refractivity (Wildman–Crippen MR) is 81.4 cm³/mol. The van der Waals surface area contributed by atoms with Crippen LogP contribution in [-0.4, -0.2) is 18.2 Å². The molecular weight excluding hydrogens is 456 g/mol. The zero-order chi connectivity index (χ0) is 14.6. The van der Waals surface area contributed by atoms with Crippen molar-refractivity contribution in [1.82, 2.24) is 0 Å². The quantitative estimate of drug-likeness (QED) is 0.318. The third-order valence-corrected chi connectivity index (χ3v) is 2.40. The Hall–Kier alpha value is -1.07. The first-order chi connectivity index (χ1) is 8.70. The van der Waals surface area contributed by atoms with Gasteiger partial charge in [-0.25, -0.2) is 0 Å². The molecule has 0 spiro atoms. The monoisotopic (exact) mass is 458 g/mol. The molecular formula is C8H5Br3N4O4. The lowest BCUT2D eigenvalue weighted by Gasteiger charge is -2.05. The summed E-state index contributed by atoms with van der Waals surface area (Å²) >= 11 is 9.45. The van der Waals surface area contributed by atoms with Crippen LogP contribution in [0.2, 0.25) is 0 Å². The van der Waals surface area contributed by atoms with Crippen LogP contribution in [0.1, 0.15) is 0 Å². The van der Waals surface area contributed by atoms with E-state index in [1.807, 2.05) is 0 Å². The molecule has 8 nitrogen and oxygen atoms in total. The van der Waals surface area contributed by atoms with Crippen molar-refractivity contribution in [3.8, 4) is 0 Å². The average molecular weight is 461 g/mol. The minimum atomic E-state index is -0.741. The highest BCUT2D eigenvalue weighted by atomic mass is 80.0. The molecule has 0 atom stereocenters. The van der Waals surface area contributed by atoms with Crippen LogP contribution in [0, 0.1) is 20.2 Å². The molecule has 0 saturated carbocycles. The summed E-state index contributed by atoms with van der Waals surface area (Å²) in [7, 11) is 0. The van der Waals surface area contributed by atoms with Crippen molar-refractivity contribution in [2.24, 2.45) is 5.10 Å². The van der Waals surface area contributed by atoms with Crippen LogP contribution < -0.4 is 5.43 Å². The molecule has 11 heteroatoms. The highest BCUT2D eigenvalue weighted by molar-refractivity contribution is 9.40. The van der Waals surface area contributed by atoms with Crippen LogP contribution in [0.3, 0.4) is 0 Å². The minimum Gasteiger partial charge on any atom is -0.272 e. The molecule has 19 heavy (non-hydrogen) atoms. The summed E-state index contributed by atoms with van der Waals surface area (Å²) in [5.74, 6) is 0. The Labute approximate surface area is 131 Å². The third-order valence-electron chi connectivity index (χ3n) is 1.78. The maximum Gasteiger partial charge on any atom is 0.301 e. The van der Waals surface area contributed by atoms with E-state index in [-0.39, 0.29) is 11.4 Å². The molecule has 0 amide bonds. The van der Waals surface area contributed by atoms with Crippen molar-refractivity contribution in [2.75, 3.05) is 5.43 Å².